The van der Waals surface area contributed by atoms with E-state index in [0.29, 0.717) is 12.5 Å². The van der Waals surface area contributed by atoms with E-state index in [2.05, 4.69) is 41.4 Å². The first-order valence-electron chi connectivity index (χ1n) is 10.1. The molecule has 0 aromatic heterocycles. The molecule has 0 radical (unpaired) electrons. The van der Waals surface area contributed by atoms with E-state index < -0.39 is 0 Å². The number of morpholine rings is 1. The van der Waals surface area contributed by atoms with Crippen molar-refractivity contribution in [1.82, 2.24) is 10.2 Å². The Balaban J connectivity index is 1.56. The Hall–Kier alpha value is -1.43. The van der Waals surface area contributed by atoms with Gasteiger partial charge in [0.2, 0.25) is 5.91 Å². The highest BCUT2D eigenvalue weighted by atomic mass is 16.5. The molecule has 1 aromatic carbocycles. The van der Waals surface area contributed by atoms with Gasteiger partial charge in [-0.2, -0.15) is 0 Å². The lowest BCUT2D eigenvalue weighted by molar-refractivity contribution is -0.129. The second kappa shape index (κ2) is 9.49. The van der Waals surface area contributed by atoms with Gasteiger partial charge in [-0.05, 0) is 37.3 Å². The minimum Gasteiger partial charge on any atom is -0.373 e. The van der Waals surface area contributed by atoms with Gasteiger partial charge in [-0.15, -0.1) is 0 Å². The van der Waals surface area contributed by atoms with Crippen LogP contribution in [0.1, 0.15) is 38.2 Å². The molecule has 5 nitrogen and oxygen atoms in total. The molecule has 5 heteroatoms. The van der Waals surface area contributed by atoms with Crippen LogP contribution in [-0.2, 0) is 16.1 Å². The maximum atomic E-state index is 12.8. The summed E-state index contributed by atoms with van der Waals surface area (Å²) in [5, 5.41) is 3.28. The highest BCUT2D eigenvalue weighted by molar-refractivity contribution is 5.79. The molecule has 2 aliphatic rings. The predicted octanol–water partition coefficient (Wildman–Crippen LogP) is 2.16. The fraction of sp³-hybridized carbons (Fsp3) is 0.667. The van der Waals surface area contributed by atoms with Crippen LogP contribution in [0.15, 0.2) is 30.3 Å². The van der Waals surface area contributed by atoms with Crippen molar-refractivity contribution in [2.75, 3.05) is 26.2 Å². The number of nitrogens with one attached hydrogen (secondary N) is 1. The number of carbonyl (C=O) groups is 1. The second-order valence-electron chi connectivity index (χ2n) is 7.69. The third-order valence-electron chi connectivity index (χ3n) is 5.94. The zero-order valence-corrected chi connectivity index (χ0v) is 15.9. The molecular weight excluding hydrogens is 326 g/mol. The molecule has 3 N–H and O–H groups in total. The Labute approximate surface area is 157 Å². The average Bonchev–Trinajstić information content (AvgIpc) is 3.16. The van der Waals surface area contributed by atoms with Crippen molar-refractivity contribution < 1.29 is 9.53 Å². The van der Waals surface area contributed by atoms with Crippen molar-refractivity contribution in [2.24, 2.45) is 17.6 Å². The Bertz CT molecular complexity index is 566. The molecule has 1 saturated heterocycles. The van der Waals surface area contributed by atoms with Crippen LogP contribution < -0.4 is 11.1 Å². The highest BCUT2D eigenvalue weighted by Crippen LogP contribution is 2.31. The van der Waals surface area contributed by atoms with E-state index in [1.54, 1.807) is 0 Å². The summed E-state index contributed by atoms with van der Waals surface area (Å²) in [6.45, 7) is 6.19. The Morgan fingerprint density at radius 1 is 1.35 bits per heavy atom. The molecule has 1 heterocycles. The van der Waals surface area contributed by atoms with Crippen molar-refractivity contribution in [2.45, 2.75) is 51.3 Å². The molecular formula is C21H33N3O2. The van der Waals surface area contributed by atoms with E-state index in [0.717, 1.165) is 51.9 Å². The summed E-state index contributed by atoms with van der Waals surface area (Å²) in [6, 6.07) is 10.6. The van der Waals surface area contributed by atoms with Gasteiger partial charge in [0.25, 0.3) is 0 Å². The zero-order valence-electron chi connectivity index (χ0n) is 15.9. The van der Waals surface area contributed by atoms with E-state index in [1.165, 1.54) is 5.56 Å². The summed E-state index contributed by atoms with van der Waals surface area (Å²) in [5.74, 6) is 0.598. The molecule has 3 rings (SSSR count). The lowest BCUT2D eigenvalue weighted by Gasteiger charge is -2.37. The Morgan fingerprint density at radius 3 is 2.88 bits per heavy atom. The van der Waals surface area contributed by atoms with Gasteiger partial charge in [0.1, 0.15) is 0 Å². The van der Waals surface area contributed by atoms with Gasteiger partial charge in [0.15, 0.2) is 0 Å². The maximum Gasteiger partial charge on any atom is 0.223 e. The molecule has 1 amide bonds. The second-order valence-corrected chi connectivity index (χ2v) is 7.69. The Kier molecular flexibility index (Phi) is 7.06. The fourth-order valence-corrected chi connectivity index (χ4v) is 4.37. The lowest BCUT2D eigenvalue weighted by Crippen LogP contribution is -2.54. The van der Waals surface area contributed by atoms with Gasteiger partial charge >= 0.3 is 0 Å². The van der Waals surface area contributed by atoms with Crippen LogP contribution in [0.2, 0.25) is 0 Å². The standard InChI is InChI=1S/C21H33N3O2/c1-2-19(23-21(25)18-10-6-9-17(18)13-22)20-15-24(11-12-26-20)14-16-7-4-3-5-8-16/h3-5,7-8,17-20H,2,6,9-15,22H2,1H3,(H,23,25)/t17-,18-,19?,20?/m1/s1. The summed E-state index contributed by atoms with van der Waals surface area (Å²) < 4.78 is 6.03. The summed E-state index contributed by atoms with van der Waals surface area (Å²) in [4.78, 5) is 15.2. The summed E-state index contributed by atoms with van der Waals surface area (Å²) in [6.07, 6.45) is 4.10. The Morgan fingerprint density at radius 2 is 2.15 bits per heavy atom. The SMILES string of the molecule is CCC(NC(=O)[C@@H]1CCC[C@@H]1CN)C1CN(Cc2ccccc2)CCO1. The van der Waals surface area contributed by atoms with Crippen molar-refractivity contribution in [3.05, 3.63) is 35.9 Å². The first kappa shape index (κ1) is 19.3. The molecule has 4 atom stereocenters. The number of hydrogen-bond acceptors (Lipinski definition) is 4. The van der Waals surface area contributed by atoms with Crippen molar-refractivity contribution in [3.8, 4) is 0 Å². The van der Waals surface area contributed by atoms with Gasteiger partial charge in [-0.3, -0.25) is 9.69 Å². The quantitative estimate of drug-likeness (QED) is 0.783. The number of hydrogen-bond donors (Lipinski definition) is 2. The smallest absolute Gasteiger partial charge is 0.223 e. The van der Waals surface area contributed by atoms with Crippen LogP contribution in [0, 0.1) is 11.8 Å². The molecule has 0 bridgehead atoms. The zero-order chi connectivity index (χ0) is 18.4. The fourth-order valence-electron chi connectivity index (χ4n) is 4.37. The number of ether oxygens (including phenoxy) is 1. The normalized spacial score (nSPS) is 28.0. The summed E-state index contributed by atoms with van der Waals surface area (Å²) in [7, 11) is 0. The van der Waals surface area contributed by atoms with E-state index in [4.69, 9.17) is 10.5 Å². The lowest BCUT2D eigenvalue weighted by atomic mass is 9.94. The molecule has 0 spiro atoms. The molecule has 144 valence electrons. The van der Waals surface area contributed by atoms with Crippen LogP contribution in [0.3, 0.4) is 0 Å². The minimum atomic E-state index is 0.0548. The predicted molar refractivity (Wildman–Crippen MR) is 104 cm³/mol. The van der Waals surface area contributed by atoms with Crippen LogP contribution >= 0.6 is 0 Å². The molecule has 1 aliphatic carbocycles. The minimum absolute atomic E-state index is 0.0548. The third-order valence-corrected chi connectivity index (χ3v) is 5.94. The molecule has 1 saturated carbocycles. The molecule has 26 heavy (non-hydrogen) atoms. The number of carbonyl (C=O) groups excluding carboxylic acids is 1. The van der Waals surface area contributed by atoms with E-state index in [9.17, 15) is 4.79 Å². The van der Waals surface area contributed by atoms with E-state index in [1.807, 2.05) is 6.07 Å². The van der Waals surface area contributed by atoms with E-state index >= 15 is 0 Å². The van der Waals surface area contributed by atoms with Gasteiger partial charge in [-0.25, -0.2) is 0 Å². The molecule has 2 fully saturated rings. The van der Waals surface area contributed by atoms with Gasteiger partial charge in [0.05, 0.1) is 18.8 Å². The third kappa shape index (κ3) is 4.84. The van der Waals surface area contributed by atoms with Crippen molar-refractivity contribution >= 4 is 5.91 Å². The molecule has 1 aliphatic heterocycles. The number of nitrogens with zero attached hydrogens (tertiary/aromatic N) is 1. The van der Waals surface area contributed by atoms with Gasteiger partial charge in [0, 0.05) is 25.6 Å². The molecule has 1 aromatic rings. The molecule has 2 unspecified atom stereocenters. The first-order valence-corrected chi connectivity index (χ1v) is 10.1. The topological polar surface area (TPSA) is 67.6 Å². The van der Waals surface area contributed by atoms with Crippen LogP contribution in [-0.4, -0.2) is 49.2 Å². The van der Waals surface area contributed by atoms with Crippen LogP contribution in [0.4, 0.5) is 0 Å². The van der Waals surface area contributed by atoms with Gasteiger partial charge < -0.3 is 15.8 Å². The van der Waals surface area contributed by atoms with Gasteiger partial charge in [-0.1, -0.05) is 43.7 Å². The number of nitrogens with two attached hydrogens (primary N) is 1. The first-order chi connectivity index (χ1) is 12.7. The van der Waals surface area contributed by atoms with Crippen LogP contribution in [0.25, 0.3) is 0 Å². The number of benzene rings is 1. The monoisotopic (exact) mass is 359 g/mol. The van der Waals surface area contributed by atoms with Crippen molar-refractivity contribution in [3.63, 3.8) is 0 Å². The largest absolute Gasteiger partial charge is 0.373 e. The van der Waals surface area contributed by atoms with E-state index in [-0.39, 0.29) is 24.0 Å². The summed E-state index contributed by atoms with van der Waals surface area (Å²) in [5.41, 5.74) is 7.17. The maximum absolute atomic E-state index is 12.8. The highest BCUT2D eigenvalue weighted by Gasteiger charge is 2.35. The van der Waals surface area contributed by atoms with Crippen molar-refractivity contribution in [1.29, 1.82) is 0 Å². The van der Waals surface area contributed by atoms with Crippen LogP contribution in [0.5, 0.6) is 0 Å². The number of amides is 1. The average molecular weight is 360 g/mol. The number of rotatable bonds is 7. The summed E-state index contributed by atoms with van der Waals surface area (Å²) >= 11 is 0.